The number of carbonyl (C=O) groups is 1. The molecule has 0 unspecified atom stereocenters. The van der Waals surface area contributed by atoms with E-state index >= 15 is 0 Å². The van der Waals surface area contributed by atoms with Crippen LogP contribution in [0.15, 0.2) is 11.8 Å². The Morgan fingerprint density at radius 3 is 1.48 bits per heavy atom. The molecule has 0 saturated carbocycles. The third-order valence-corrected chi connectivity index (χ3v) is 3.01. The number of aliphatic hydroxyl groups is 1. The summed E-state index contributed by atoms with van der Waals surface area (Å²) in [7, 11) is 0. The molecule has 2 nitrogen and oxygen atoms in total. The van der Waals surface area contributed by atoms with Gasteiger partial charge in [-0.25, -0.2) is 0 Å². The summed E-state index contributed by atoms with van der Waals surface area (Å²) in [5, 5.41) is 9.71. The van der Waals surface area contributed by atoms with Crippen LogP contribution in [0.2, 0.25) is 0 Å². The lowest BCUT2D eigenvalue weighted by atomic mass is 9.83. The van der Waals surface area contributed by atoms with Crippen LogP contribution in [0, 0.1) is 23.7 Å². The minimum atomic E-state index is -5.75. The van der Waals surface area contributed by atoms with Gasteiger partial charge in [-0.2, -0.15) is 26.3 Å². The van der Waals surface area contributed by atoms with Gasteiger partial charge in [-0.15, -0.1) is 0 Å². The zero-order valence-electron chi connectivity index (χ0n) is 12.0. The fraction of sp³-hybridized carbons (Fsp3) is 0.769. The average molecular weight is 320 g/mol. The first-order valence-corrected chi connectivity index (χ1v) is 6.27. The maximum absolute atomic E-state index is 12.4. The van der Waals surface area contributed by atoms with Gasteiger partial charge >= 0.3 is 12.4 Å². The Balaban J connectivity index is 5.54. The molecule has 0 radical (unpaired) electrons. The molecule has 0 amide bonds. The highest BCUT2D eigenvalue weighted by Gasteiger charge is 2.60. The molecule has 0 aliphatic carbocycles. The largest absolute Gasteiger partial charge is 0.512 e. The third kappa shape index (κ3) is 5.59. The lowest BCUT2D eigenvalue weighted by Crippen LogP contribution is -2.42. The fourth-order valence-electron chi connectivity index (χ4n) is 2.29. The number of rotatable bonds is 5. The van der Waals surface area contributed by atoms with Crippen LogP contribution in [0.4, 0.5) is 26.3 Å². The van der Waals surface area contributed by atoms with Gasteiger partial charge in [-0.05, 0) is 11.8 Å². The van der Waals surface area contributed by atoms with E-state index in [1.165, 1.54) is 0 Å². The van der Waals surface area contributed by atoms with E-state index in [0.717, 1.165) is 0 Å². The molecule has 0 aliphatic rings. The molecule has 21 heavy (non-hydrogen) atoms. The number of aliphatic hydroxyl groups excluding tert-OH is 1. The third-order valence-electron chi connectivity index (χ3n) is 3.01. The van der Waals surface area contributed by atoms with E-state index in [0.29, 0.717) is 0 Å². The second-order valence-corrected chi connectivity index (χ2v) is 5.50. The van der Waals surface area contributed by atoms with E-state index in [1.807, 2.05) is 0 Å². The van der Waals surface area contributed by atoms with Gasteiger partial charge in [0.05, 0.1) is 5.76 Å². The van der Waals surface area contributed by atoms with Gasteiger partial charge in [0.1, 0.15) is 0 Å². The summed E-state index contributed by atoms with van der Waals surface area (Å²) in [6.45, 7) is 6.57. The van der Waals surface area contributed by atoms with E-state index in [-0.39, 0.29) is 17.9 Å². The second kappa shape index (κ2) is 6.70. The summed E-state index contributed by atoms with van der Waals surface area (Å²) in [6.07, 6.45) is -11.5. The van der Waals surface area contributed by atoms with E-state index in [4.69, 9.17) is 0 Å². The van der Waals surface area contributed by atoms with Gasteiger partial charge in [0.25, 0.3) is 0 Å². The van der Waals surface area contributed by atoms with Crippen LogP contribution in [-0.4, -0.2) is 23.2 Å². The van der Waals surface area contributed by atoms with E-state index in [9.17, 15) is 36.2 Å². The Morgan fingerprint density at radius 2 is 1.24 bits per heavy atom. The van der Waals surface area contributed by atoms with Crippen molar-refractivity contribution in [2.24, 2.45) is 23.7 Å². The van der Waals surface area contributed by atoms with Gasteiger partial charge in [0, 0.05) is 12.0 Å². The van der Waals surface area contributed by atoms with Crippen LogP contribution in [0.25, 0.3) is 0 Å². The molecule has 0 aliphatic heterocycles. The number of hydrogen-bond donors (Lipinski definition) is 1. The van der Waals surface area contributed by atoms with Crippen molar-refractivity contribution in [2.75, 3.05) is 0 Å². The molecule has 8 heteroatoms. The van der Waals surface area contributed by atoms with Crippen molar-refractivity contribution < 1.29 is 36.2 Å². The molecule has 0 aromatic rings. The second-order valence-electron chi connectivity index (χ2n) is 5.50. The van der Waals surface area contributed by atoms with Crippen LogP contribution in [-0.2, 0) is 4.79 Å². The van der Waals surface area contributed by atoms with Crippen LogP contribution in [0.1, 0.15) is 27.7 Å². The minimum absolute atomic E-state index is 0.0519. The first-order valence-electron chi connectivity index (χ1n) is 6.27. The molecule has 0 heterocycles. The van der Waals surface area contributed by atoms with Crippen molar-refractivity contribution in [2.45, 2.75) is 40.0 Å². The Hall–Kier alpha value is -1.21. The Labute approximate surface area is 118 Å². The normalized spacial score (nSPS) is 14.7. The average Bonchev–Trinajstić information content (AvgIpc) is 2.08. The molecule has 0 aromatic carbocycles. The Morgan fingerprint density at radius 1 is 0.905 bits per heavy atom. The summed E-state index contributed by atoms with van der Waals surface area (Å²) in [6, 6.07) is 0. The number of alkyl halides is 6. The monoisotopic (exact) mass is 320 g/mol. The maximum Gasteiger partial charge on any atom is 0.407 e. The highest BCUT2D eigenvalue weighted by atomic mass is 19.4. The first-order chi connectivity index (χ1) is 9.19. The molecular weight excluding hydrogens is 302 g/mol. The van der Waals surface area contributed by atoms with Crippen LogP contribution < -0.4 is 0 Å². The van der Waals surface area contributed by atoms with Crippen molar-refractivity contribution in [1.29, 1.82) is 0 Å². The zero-order chi connectivity index (χ0) is 17.2. The summed E-state index contributed by atoms with van der Waals surface area (Å²) in [4.78, 5) is 11.3. The van der Waals surface area contributed by atoms with Crippen molar-refractivity contribution in [3.63, 3.8) is 0 Å². The molecule has 0 atom stereocenters. The highest BCUT2D eigenvalue weighted by molar-refractivity contribution is 5.93. The molecule has 0 fully saturated rings. The number of hydrogen-bond acceptors (Lipinski definition) is 2. The standard InChI is InChI=1S/C13H18F6O2/c1-6(2)10(7(3)4)8(20)5-9(21)11(12(14,15)16)13(17,18)19/h5-7,10-11,20H,1-4H3/b8-5-. The highest BCUT2D eigenvalue weighted by Crippen LogP contribution is 2.40. The minimum Gasteiger partial charge on any atom is -0.512 e. The lowest BCUT2D eigenvalue weighted by molar-refractivity contribution is -0.271. The van der Waals surface area contributed by atoms with Crippen molar-refractivity contribution in [3.8, 4) is 0 Å². The molecule has 1 N–H and O–H groups in total. The molecule has 0 saturated heterocycles. The molecular formula is C13H18F6O2. The number of halogens is 6. The molecule has 0 rings (SSSR count). The van der Waals surface area contributed by atoms with Gasteiger partial charge in [-0.1, -0.05) is 27.7 Å². The molecule has 0 bridgehead atoms. The number of carbonyl (C=O) groups excluding carboxylic acids is 1. The van der Waals surface area contributed by atoms with Crippen LogP contribution in [0.5, 0.6) is 0 Å². The Kier molecular flexibility index (Phi) is 6.31. The van der Waals surface area contributed by atoms with Crippen molar-refractivity contribution in [1.82, 2.24) is 0 Å². The topological polar surface area (TPSA) is 37.3 Å². The number of allylic oxidation sites excluding steroid dienone is 2. The number of ketones is 1. The van der Waals surface area contributed by atoms with Crippen LogP contribution in [0.3, 0.4) is 0 Å². The van der Waals surface area contributed by atoms with Gasteiger partial charge in [0.2, 0.25) is 5.92 Å². The summed E-state index contributed by atoms with van der Waals surface area (Å²) < 4.78 is 74.3. The van der Waals surface area contributed by atoms with Gasteiger partial charge < -0.3 is 5.11 Å². The van der Waals surface area contributed by atoms with E-state index < -0.39 is 35.7 Å². The fourth-order valence-corrected chi connectivity index (χ4v) is 2.29. The molecule has 0 spiro atoms. The lowest BCUT2D eigenvalue weighted by Gasteiger charge is -2.25. The van der Waals surface area contributed by atoms with Crippen molar-refractivity contribution >= 4 is 5.78 Å². The smallest absolute Gasteiger partial charge is 0.407 e. The molecule has 124 valence electrons. The SMILES string of the molecule is CC(C)C(/C(O)=C/C(=O)C(C(F)(F)F)C(F)(F)F)C(C)C. The van der Waals surface area contributed by atoms with Crippen LogP contribution >= 0.6 is 0 Å². The van der Waals surface area contributed by atoms with E-state index in [1.54, 1.807) is 27.7 Å². The summed E-state index contributed by atoms with van der Waals surface area (Å²) >= 11 is 0. The van der Waals surface area contributed by atoms with Gasteiger partial charge in [0.15, 0.2) is 5.78 Å². The quantitative estimate of drug-likeness (QED) is 0.454. The van der Waals surface area contributed by atoms with Crippen molar-refractivity contribution in [3.05, 3.63) is 11.8 Å². The predicted octanol–water partition coefficient (Wildman–Crippen LogP) is 4.67. The summed E-state index contributed by atoms with van der Waals surface area (Å²) in [5.41, 5.74) is 0. The summed E-state index contributed by atoms with van der Waals surface area (Å²) in [5.74, 6) is -8.28. The predicted molar refractivity (Wildman–Crippen MR) is 64.5 cm³/mol. The first kappa shape index (κ1) is 19.8. The zero-order valence-corrected chi connectivity index (χ0v) is 12.0. The van der Waals surface area contributed by atoms with Gasteiger partial charge in [-0.3, -0.25) is 4.79 Å². The Bertz CT molecular complexity index is 370. The maximum atomic E-state index is 12.4. The molecule has 0 aromatic heterocycles. The van der Waals surface area contributed by atoms with E-state index in [2.05, 4.69) is 0 Å².